The van der Waals surface area contributed by atoms with E-state index in [2.05, 4.69) is 4.98 Å². The number of aromatic amines is 1. The average molecular weight is 380 g/mol. The summed E-state index contributed by atoms with van der Waals surface area (Å²) in [5.74, 6) is 0.659. The number of H-pyrrole nitrogens is 1. The van der Waals surface area contributed by atoms with Crippen LogP contribution in [-0.2, 0) is 0 Å². The number of imidazole rings is 1. The molecule has 4 aromatic rings. The molecular formula is C24H16N2O3. The van der Waals surface area contributed by atoms with Crippen molar-refractivity contribution in [2.75, 3.05) is 0 Å². The number of nitrogens with one attached hydrogen (secondary N) is 1. The molecule has 1 N–H and O–H groups in total. The van der Waals surface area contributed by atoms with Crippen LogP contribution in [0, 0.1) is 0 Å². The van der Waals surface area contributed by atoms with E-state index in [1.165, 1.54) is 0 Å². The monoisotopic (exact) mass is 380 g/mol. The normalized spacial score (nSPS) is 10.5. The third kappa shape index (κ3) is 3.66. The lowest BCUT2D eigenvalue weighted by atomic mass is 10.0. The summed E-state index contributed by atoms with van der Waals surface area (Å²) in [4.78, 5) is 41.0. The van der Waals surface area contributed by atoms with E-state index in [0.717, 1.165) is 46.9 Å². The van der Waals surface area contributed by atoms with Crippen LogP contribution in [0.15, 0.2) is 72.8 Å². The van der Waals surface area contributed by atoms with Gasteiger partial charge in [0.05, 0.1) is 11.4 Å². The first-order chi connectivity index (χ1) is 14.2. The Morgan fingerprint density at radius 3 is 1.41 bits per heavy atom. The average Bonchev–Trinajstić information content (AvgIpc) is 3.24. The van der Waals surface area contributed by atoms with Gasteiger partial charge in [0.2, 0.25) is 0 Å². The Hall–Kier alpha value is -4.12. The summed E-state index contributed by atoms with van der Waals surface area (Å²) in [6.45, 7) is 0. The molecule has 0 bridgehead atoms. The first-order valence-electron chi connectivity index (χ1n) is 8.98. The van der Waals surface area contributed by atoms with E-state index in [1.54, 1.807) is 36.4 Å². The second kappa shape index (κ2) is 7.86. The molecule has 0 aliphatic heterocycles. The van der Waals surface area contributed by atoms with Gasteiger partial charge >= 0.3 is 0 Å². The Bertz CT molecular complexity index is 1100. The van der Waals surface area contributed by atoms with Crippen LogP contribution in [0.4, 0.5) is 0 Å². The molecule has 0 atom stereocenters. The molecule has 0 radical (unpaired) electrons. The molecule has 1 aromatic heterocycles. The predicted octanol–water partition coefficient (Wildman–Crippen LogP) is 4.85. The number of rotatable bonds is 6. The third-order valence-corrected chi connectivity index (χ3v) is 4.68. The molecule has 0 amide bonds. The van der Waals surface area contributed by atoms with Crippen LogP contribution in [0.2, 0.25) is 0 Å². The van der Waals surface area contributed by atoms with Crippen molar-refractivity contribution < 1.29 is 14.4 Å². The van der Waals surface area contributed by atoms with Gasteiger partial charge in [0.15, 0.2) is 0 Å². The Kier molecular flexibility index (Phi) is 4.95. The van der Waals surface area contributed by atoms with Crippen LogP contribution in [0.1, 0.15) is 31.1 Å². The minimum absolute atomic E-state index is 0.589. The molecule has 1 heterocycles. The molecule has 5 nitrogen and oxygen atoms in total. The summed E-state index contributed by atoms with van der Waals surface area (Å²) in [6, 6.07) is 21.6. The fourth-order valence-corrected chi connectivity index (χ4v) is 3.10. The van der Waals surface area contributed by atoms with Gasteiger partial charge in [0, 0.05) is 33.4 Å². The van der Waals surface area contributed by atoms with Gasteiger partial charge in [-0.05, 0) is 0 Å². The number of benzene rings is 3. The van der Waals surface area contributed by atoms with E-state index in [9.17, 15) is 14.4 Å². The summed E-state index contributed by atoms with van der Waals surface area (Å²) in [6.07, 6.45) is 2.40. The van der Waals surface area contributed by atoms with Crippen LogP contribution in [0.5, 0.6) is 0 Å². The molecule has 0 aliphatic carbocycles. The highest BCUT2D eigenvalue weighted by molar-refractivity contribution is 5.85. The number of carbonyl (C=O) groups is 3. The minimum atomic E-state index is 0.589. The number of hydrogen-bond acceptors (Lipinski definition) is 4. The number of hydrogen-bond donors (Lipinski definition) is 1. The maximum atomic E-state index is 11.0. The highest BCUT2D eigenvalue weighted by Crippen LogP contribution is 2.33. The quantitative estimate of drug-likeness (QED) is 0.485. The van der Waals surface area contributed by atoms with Gasteiger partial charge in [-0.25, -0.2) is 4.98 Å². The summed E-state index contributed by atoms with van der Waals surface area (Å²) >= 11 is 0. The van der Waals surface area contributed by atoms with Crippen LogP contribution < -0.4 is 0 Å². The molecule has 0 saturated carbocycles. The molecule has 29 heavy (non-hydrogen) atoms. The standard InChI is InChI=1S/C24H16N2O3/c27-13-16-1-7-19(8-2-16)22-23(20-9-3-17(14-28)4-10-20)26-24(25-22)21-11-5-18(15-29)6-12-21/h1-15H,(H,25,26). The molecule has 3 aromatic carbocycles. The smallest absolute Gasteiger partial charge is 0.150 e. The predicted molar refractivity (Wildman–Crippen MR) is 111 cm³/mol. The van der Waals surface area contributed by atoms with Crippen molar-refractivity contribution >= 4 is 18.9 Å². The van der Waals surface area contributed by atoms with Crippen LogP contribution in [0.25, 0.3) is 33.9 Å². The Morgan fingerprint density at radius 2 is 0.966 bits per heavy atom. The zero-order valence-corrected chi connectivity index (χ0v) is 15.3. The van der Waals surface area contributed by atoms with E-state index in [4.69, 9.17) is 4.98 Å². The molecule has 0 fully saturated rings. The van der Waals surface area contributed by atoms with Gasteiger partial charge in [-0.2, -0.15) is 0 Å². The Labute approximate surface area is 167 Å². The van der Waals surface area contributed by atoms with Gasteiger partial charge in [0.1, 0.15) is 24.7 Å². The van der Waals surface area contributed by atoms with Crippen molar-refractivity contribution in [1.82, 2.24) is 9.97 Å². The van der Waals surface area contributed by atoms with Crippen molar-refractivity contribution in [1.29, 1.82) is 0 Å². The molecule has 0 spiro atoms. The number of carbonyl (C=O) groups excluding carboxylic acids is 3. The largest absolute Gasteiger partial charge is 0.337 e. The SMILES string of the molecule is O=Cc1ccc(-c2nc(-c3ccc(C=O)cc3)c(-c3ccc(C=O)cc3)[nH]2)cc1. The first kappa shape index (κ1) is 18.3. The van der Waals surface area contributed by atoms with E-state index >= 15 is 0 Å². The van der Waals surface area contributed by atoms with Crippen molar-refractivity contribution in [3.05, 3.63) is 89.5 Å². The van der Waals surface area contributed by atoms with Gasteiger partial charge in [-0.1, -0.05) is 72.8 Å². The zero-order valence-electron chi connectivity index (χ0n) is 15.3. The van der Waals surface area contributed by atoms with Crippen molar-refractivity contribution in [3.63, 3.8) is 0 Å². The van der Waals surface area contributed by atoms with Gasteiger partial charge in [-0.3, -0.25) is 14.4 Å². The minimum Gasteiger partial charge on any atom is -0.337 e. The van der Waals surface area contributed by atoms with Crippen LogP contribution in [0.3, 0.4) is 0 Å². The van der Waals surface area contributed by atoms with Crippen molar-refractivity contribution in [2.45, 2.75) is 0 Å². The lowest BCUT2D eigenvalue weighted by Crippen LogP contribution is -1.86. The fraction of sp³-hybridized carbons (Fsp3) is 0. The molecule has 4 rings (SSSR count). The highest BCUT2D eigenvalue weighted by atomic mass is 16.1. The number of aromatic nitrogens is 2. The van der Waals surface area contributed by atoms with Crippen LogP contribution >= 0.6 is 0 Å². The molecular weight excluding hydrogens is 364 g/mol. The van der Waals surface area contributed by atoms with Crippen molar-refractivity contribution in [2.24, 2.45) is 0 Å². The maximum absolute atomic E-state index is 11.0. The van der Waals surface area contributed by atoms with E-state index in [0.29, 0.717) is 22.5 Å². The molecule has 0 saturated heterocycles. The molecule has 0 aliphatic rings. The number of nitrogens with zero attached hydrogens (tertiary/aromatic N) is 1. The zero-order chi connectivity index (χ0) is 20.2. The summed E-state index contributed by atoms with van der Waals surface area (Å²) in [7, 11) is 0. The summed E-state index contributed by atoms with van der Waals surface area (Å²) in [5.41, 5.74) is 5.89. The lowest BCUT2D eigenvalue weighted by molar-refractivity contribution is 0.111. The molecule has 0 unspecified atom stereocenters. The lowest BCUT2D eigenvalue weighted by Gasteiger charge is -2.04. The van der Waals surface area contributed by atoms with E-state index < -0.39 is 0 Å². The van der Waals surface area contributed by atoms with E-state index in [1.807, 2.05) is 36.4 Å². The fourth-order valence-electron chi connectivity index (χ4n) is 3.10. The Balaban J connectivity index is 1.85. The highest BCUT2D eigenvalue weighted by Gasteiger charge is 2.15. The summed E-state index contributed by atoms with van der Waals surface area (Å²) < 4.78 is 0. The second-order valence-corrected chi connectivity index (χ2v) is 6.53. The van der Waals surface area contributed by atoms with Crippen molar-refractivity contribution in [3.8, 4) is 33.9 Å². The number of aldehydes is 3. The van der Waals surface area contributed by atoms with Gasteiger partial charge < -0.3 is 4.98 Å². The Morgan fingerprint density at radius 1 is 0.552 bits per heavy atom. The van der Waals surface area contributed by atoms with Gasteiger partial charge in [0.25, 0.3) is 0 Å². The van der Waals surface area contributed by atoms with E-state index in [-0.39, 0.29) is 0 Å². The van der Waals surface area contributed by atoms with Gasteiger partial charge in [-0.15, -0.1) is 0 Å². The topological polar surface area (TPSA) is 79.9 Å². The molecule has 140 valence electrons. The van der Waals surface area contributed by atoms with Crippen LogP contribution in [-0.4, -0.2) is 28.8 Å². The second-order valence-electron chi connectivity index (χ2n) is 6.53. The third-order valence-electron chi connectivity index (χ3n) is 4.68. The summed E-state index contributed by atoms with van der Waals surface area (Å²) in [5, 5.41) is 0. The first-order valence-corrected chi connectivity index (χ1v) is 8.98. The molecule has 5 heteroatoms. The maximum Gasteiger partial charge on any atom is 0.150 e.